The summed E-state index contributed by atoms with van der Waals surface area (Å²) in [6, 6.07) is 17.2. The summed E-state index contributed by atoms with van der Waals surface area (Å²) in [4.78, 5) is 36.8. The highest BCUT2D eigenvalue weighted by molar-refractivity contribution is 6.47. The summed E-state index contributed by atoms with van der Waals surface area (Å²) in [5, 5.41) is 2.47. The molecule has 1 N–H and O–H groups in total. The molecule has 3 aromatic rings. The van der Waals surface area contributed by atoms with Crippen molar-refractivity contribution in [1.82, 2.24) is 9.88 Å². The van der Waals surface area contributed by atoms with E-state index in [1.807, 2.05) is 30.3 Å². The molecule has 2 aliphatic rings. The van der Waals surface area contributed by atoms with E-state index in [4.69, 9.17) is 9.73 Å². The Morgan fingerprint density at radius 1 is 1.05 bits per heavy atom. The van der Waals surface area contributed by atoms with Gasteiger partial charge in [0.15, 0.2) is 5.66 Å². The van der Waals surface area contributed by atoms with E-state index in [1.54, 1.807) is 18.3 Å². The summed E-state index contributed by atoms with van der Waals surface area (Å²) in [6.07, 6.45) is -1.69. The fourth-order valence-corrected chi connectivity index (χ4v) is 4.56. The number of aliphatic imine (C=N–C) groups is 1. The number of pyridine rings is 1. The number of aromatic nitrogens is 1. The Balaban J connectivity index is 1.37. The smallest absolute Gasteiger partial charge is 0.377 e. The standard InChI is InChI=1S/C27H23F3N4O3/c28-27(29,30)20-5-3-6-21(15-20)32-23(35)16-34-25(36)24(33-26(34)12-4-14-37-17-26)19-10-8-18(9-11-19)22-7-1-2-13-31-22/h1-3,5-11,13,15H,4,12,14,16-17H2,(H,32,35). The number of amides is 2. The molecule has 0 radical (unpaired) electrons. The molecule has 1 atom stereocenters. The quantitative estimate of drug-likeness (QED) is 0.549. The lowest BCUT2D eigenvalue weighted by Gasteiger charge is -2.38. The molecule has 2 amide bonds. The second-order valence-electron chi connectivity index (χ2n) is 8.91. The largest absolute Gasteiger partial charge is 0.416 e. The maximum Gasteiger partial charge on any atom is 0.416 e. The molecule has 0 aliphatic carbocycles. The minimum absolute atomic E-state index is 0.00772. The van der Waals surface area contributed by atoms with Gasteiger partial charge in [-0.1, -0.05) is 36.4 Å². The van der Waals surface area contributed by atoms with Gasteiger partial charge in [-0.3, -0.25) is 14.6 Å². The average Bonchev–Trinajstić information content (AvgIpc) is 3.15. The van der Waals surface area contributed by atoms with Crippen LogP contribution in [-0.2, 0) is 20.5 Å². The fourth-order valence-electron chi connectivity index (χ4n) is 4.56. The number of carbonyl (C=O) groups excluding carboxylic acids is 2. The molecule has 7 nitrogen and oxygen atoms in total. The zero-order chi connectivity index (χ0) is 26.0. The van der Waals surface area contributed by atoms with Gasteiger partial charge in [0.25, 0.3) is 5.91 Å². The summed E-state index contributed by atoms with van der Waals surface area (Å²) in [5.74, 6) is -1.06. The number of rotatable bonds is 5. The Labute approximate surface area is 211 Å². The summed E-state index contributed by atoms with van der Waals surface area (Å²) in [7, 11) is 0. The Morgan fingerprint density at radius 3 is 2.51 bits per heavy atom. The van der Waals surface area contributed by atoms with Crippen LogP contribution < -0.4 is 5.32 Å². The predicted octanol–water partition coefficient (Wildman–Crippen LogP) is 4.54. The van der Waals surface area contributed by atoms with E-state index < -0.39 is 29.2 Å². The lowest BCUT2D eigenvalue weighted by Crippen LogP contribution is -2.54. The van der Waals surface area contributed by atoms with Gasteiger partial charge in [0.1, 0.15) is 12.3 Å². The highest BCUT2D eigenvalue weighted by Crippen LogP contribution is 2.35. The van der Waals surface area contributed by atoms with Crippen molar-refractivity contribution in [1.29, 1.82) is 0 Å². The van der Waals surface area contributed by atoms with Gasteiger partial charge in [0, 0.05) is 29.6 Å². The molecule has 1 spiro atoms. The Hall–Kier alpha value is -4.05. The van der Waals surface area contributed by atoms with E-state index in [0.717, 1.165) is 23.4 Å². The second kappa shape index (κ2) is 9.78. The molecule has 5 rings (SSSR count). The Morgan fingerprint density at radius 2 is 1.84 bits per heavy atom. The Bertz CT molecular complexity index is 1340. The maximum absolute atomic E-state index is 13.5. The topological polar surface area (TPSA) is 83.9 Å². The van der Waals surface area contributed by atoms with Gasteiger partial charge >= 0.3 is 6.18 Å². The van der Waals surface area contributed by atoms with Crippen molar-refractivity contribution in [2.24, 2.45) is 4.99 Å². The van der Waals surface area contributed by atoms with Gasteiger partial charge in [0.05, 0.1) is 17.9 Å². The summed E-state index contributed by atoms with van der Waals surface area (Å²) in [6.45, 7) is 0.270. The molecule has 3 heterocycles. The van der Waals surface area contributed by atoms with Crippen LogP contribution in [0.2, 0.25) is 0 Å². The van der Waals surface area contributed by atoms with Gasteiger partial charge in [-0.05, 0) is 43.2 Å². The van der Waals surface area contributed by atoms with Gasteiger partial charge in [-0.25, -0.2) is 4.99 Å². The van der Waals surface area contributed by atoms with Crippen molar-refractivity contribution in [3.8, 4) is 11.3 Å². The van der Waals surface area contributed by atoms with E-state index in [1.165, 1.54) is 17.0 Å². The van der Waals surface area contributed by atoms with Crippen molar-refractivity contribution in [2.45, 2.75) is 24.7 Å². The zero-order valence-electron chi connectivity index (χ0n) is 19.7. The zero-order valence-corrected chi connectivity index (χ0v) is 19.7. The van der Waals surface area contributed by atoms with Crippen molar-refractivity contribution in [3.05, 3.63) is 84.1 Å². The van der Waals surface area contributed by atoms with Gasteiger partial charge in [-0.15, -0.1) is 0 Å². The second-order valence-corrected chi connectivity index (χ2v) is 8.91. The lowest BCUT2D eigenvalue weighted by atomic mass is 10.0. The molecule has 1 saturated heterocycles. The molecule has 2 aliphatic heterocycles. The predicted molar refractivity (Wildman–Crippen MR) is 131 cm³/mol. The third-order valence-corrected chi connectivity index (χ3v) is 6.36. The SMILES string of the molecule is O=C(CN1C(=O)C(c2ccc(-c3ccccn3)cc2)=NC12CCCOC2)Nc1cccc(C(F)(F)F)c1. The first-order valence-corrected chi connectivity index (χ1v) is 11.7. The molecule has 0 saturated carbocycles. The minimum Gasteiger partial charge on any atom is -0.377 e. The normalized spacial score (nSPS) is 19.7. The lowest BCUT2D eigenvalue weighted by molar-refractivity contribution is -0.137. The van der Waals surface area contributed by atoms with E-state index in [0.29, 0.717) is 25.0 Å². The maximum atomic E-state index is 13.5. The van der Waals surface area contributed by atoms with Crippen molar-refractivity contribution >= 4 is 23.2 Å². The number of ether oxygens (including phenoxy) is 1. The Kier molecular flexibility index (Phi) is 6.51. The number of hydrogen-bond donors (Lipinski definition) is 1. The molecule has 1 fully saturated rings. The fraction of sp³-hybridized carbons (Fsp3) is 0.259. The highest BCUT2D eigenvalue weighted by Gasteiger charge is 2.49. The van der Waals surface area contributed by atoms with Crippen molar-refractivity contribution in [3.63, 3.8) is 0 Å². The van der Waals surface area contributed by atoms with Crippen LogP contribution in [0.25, 0.3) is 11.3 Å². The van der Waals surface area contributed by atoms with Crippen molar-refractivity contribution < 1.29 is 27.5 Å². The average molecular weight is 509 g/mol. The number of nitrogens with zero attached hydrogens (tertiary/aromatic N) is 3. The number of halogens is 3. The molecule has 1 aromatic heterocycles. The first kappa shape index (κ1) is 24.6. The number of hydrogen-bond acceptors (Lipinski definition) is 5. The van der Waals surface area contributed by atoms with Crippen LogP contribution in [0.15, 0.2) is 77.9 Å². The molecular weight excluding hydrogens is 485 g/mol. The minimum atomic E-state index is -4.54. The molecular formula is C27H23F3N4O3. The number of carbonyl (C=O) groups is 2. The number of alkyl halides is 3. The monoisotopic (exact) mass is 508 g/mol. The number of benzene rings is 2. The number of nitrogens with one attached hydrogen (secondary N) is 1. The van der Waals surface area contributed by atoms with Crippen LogP contribution in [0.5, 0.6) is 0 Å². The van der Waals surface area contributed by atoms with E-state index in [-0.39, 0.29) is 24.6 Å². The molecule has 10 heteroatoms. The van der Waals surface area contributed by atoms with E-state index in [2.05, 4.69) is 10.3 Å². The van der Waals surface area contributed by atoms with Crippen LogP contribution in [0, 0.1) is 0 Å². The third-order valence-electron chi connectivity index (χ3n) is 6.36. The van der Waals surface area contributed by atoms with Crippen LogP contribution in [0.4, 0.5) is 18.9 Å². The summed E-state index contributed by atoms with van der Waals surface area (Å²) in [5.41, 5.74) is 0.545. The van der Waals surface area contributed by atoms with Gasteiger partial charge in [-0.2, -0.15) is 13.2 Å². The molecule has 1 unspecified atom stereocenters. The van der Waals surface area contributed by atoms with Crippen LogP contribution in [0.3, 0.4) is 0 Å². The highest BCUT2D eigenvalue weighted by atomic mass is 19.4. The number of anilines is 1. The molecule has 0 bridgehead atoms. The van der Waals surface area contributed by atoms with Crippen molar-refractivity contribution in [2.75, 3.05) is 25.1 Å². The molecule has 37 heavy (non-hydrogen) atoms. The van der Waals surface area contributed by atoms with Gasteiger partial charge in [0.2, 0.25) is 5.91 Å². The van der Waals surface area contributed by atoms with E-state index >= 15 is 0 Å². The first-order valence-electron chi connectivity index (χ1n) is 11.7. The van der Waals surface area contributed by atoms with Crippen LogP contribution in [0.1, 0.15) is 24.0 Å². The molecule has 2 aromatic carbocycles. The van der Waals surface area contributed by atoms with Gasteiger partial charge < -0.3 is 15.0 Å². The van der Waals surface area contributed by atoms with E-state index in [9.17, 15) is 22.8 Å². The van der Waals surface area contributed by atoms with Crippen LogP contribution in [-0.4, -0.2) is 52.8 Å². The summed E-state index contributed by atoms with van der Waals surface area (Å²) < 4.78 is 44.8. The molecule has 190 valence electrons. The first-order chi connectivity index (χ1) is 17.7. The summed E-state index contributed by atoms with van der Waals surface area (Å²) >= 11 is 0. The van der Waals surface area contributed by atoms with Crippen LogP contribution >= 0.6 is 0 Å². The third kappa shape index (κ3) is 5.10.